The zero-order valence-electron chi connectivity index (χ0n) is 19.0. The first-order valence-electron chi connectivity index (χ1n) is 11.7. The molecule has 0 amide bonds. The summed E-state index contributed by atoms with van der Waals surface area (Å²) in [5.74, 6) is 0.260. The van der Waals surface area contributed by atoms with Gasteiger partial charge < -0.3 is 4.90 Å². The number of hydrogen-bond acceptors (Lipinski definition) is 6. The van der Waals surface area contributed by atoms with Gasteiger partial charge >= 0.3 is 0 Å². The van der Waals surface area contributed by atoms with E-state index < -0.39 is 11.5 Å². The lowest BCUT2D eigenvalue weighted by atomic mass is 9.73. The lowest BCUT2D eigenvalue weighted by Gasteiger charge is -2.51. The number of halogens is 3. The Labute approximate surface area is 201 Å². The number of anilines is 1. The number of fused-ring (bicyclic) bond motifs is 3. The smallest absolute Gasteiger partial charge is 0.251 e. The summed E-state index contributed by atoms with van der Waals surface area (Å²) >= 11 is 6.35. The third-order valence-corrected chi connectivity index (χ3v) is 7.74. The van der Waals surface area contributed by atoms with Gasteiger partial charge in [-0.3, -0.25) is 14.5 Å². The lowest BCUT2D eigenvalue weighted by Crippen LogP contribution is -2.59. The van der Waals surface area contributed by atoms with E-state index in [1.54, 1.807) is 18.6 Å². The first-order valence-corrected chi connectivity index (χ1v) is 12.1. The minimum atomic E-state index is -2.60. The zero-order chi connectivity index (χ0) is 23.5. The highest BCUT2D eigenvalue weighted by Gasteiger charge is 2.57. The number of piperidine rings is 1. The molecule has 0 atom stereocenters. The van der Waals surface area contributed by atoms with Crippen LogP contribution < -0.4 is 4.90 Å². The highest BCUT2D eigenvalue weighted by molar-refractivity contribution is 6.30. The molecule has 7 nitrogen and oxygen atoms in total. The highest BCUT2D eigenvalue weighted by atomic mass is 35.5. The van der Waals surface area contributed by atoms with Gasteiger partial charge in [0.15, 0.2) is 5.82 Å². The van der Waals surface area contributed by atoms with E-state index >= 15 is 0 Å². The minimum absolute atomic E-state index is 0.141. The van der Waals surface area contributed by atoms with Gasteiger partial charge in [0.25, 0.3) is 5.92 Å². The number of benzene rings is 1. The summed E-state index contributed by atoms with van der Waals surface area (Å²) in [4.78, 5) is 13.0. The van der Waals surface area contributed by atoms with Gasteiger partial charge in [0.2, 0.25) is 0 Å². The Morgan fingerprint density at radius 3 is 2.56 bits per heavy atom. The minimum Gasteiger partial charge on any atom is -0.355 e. The summed E-state index contributed by atoms with van der Waals surface area (Å²) in [7, 11) is 0. The Morgan fingerprint density at radius 1 is 1.06 bits per heavy atom. The van der Waals surface area contributed by atoms with Gasteiger partial charge in [0.05, 0.1) is 18.4 Å². The molecule has 2 fully saturated rings. The van der Waals surface area contributed by atoms with E-state index in [1.165, 1.54) is 0 Å². The standard InChI is InChI=1S/C24H26ClF2N7/c1-23(14-24(26,27)15-23)33-12-17-10-18(25)2-3-19(17)34-21(13-33)30-31-22(34)16-4-8-32(9-5-16)20-11-28-6-7-29-20/h2-3,6-7,10-11,16H,4-5,8-9,12-15H2,1H3. The normalized spacial score (nSPS) is 21.9. The molecule has 0 spiro atoms. The van der Waals surface area contributed by atoms with E-state index in [2.05, 4.69) is 34.5 Å². The number of nitrogens with zero attached hydrogens (tertiary/aromatic N) is 7. The molecule has 0 unspecified atom stereocenters. The third-order valence-electron chi connectivity index (χ3n) is 7.51. The summed E-state index contributed by atoms with van der Waals surface area (Å²) in [6, 6.07) is 5.82. The molecule has 3 aromatic rings. The van der Waals surface area contributed by atoms with E-state index in [0.29, 0.717) is 18.1 Å². The molecule has 34 heavy (non-hydrogen) atoms. The summed E-state index contributed by atoms with van der Waals surface area (Å²) in [6.45, 7) is 4.67. The molecule has 2 aliphatic heterocycles. The molecule has 1 aliphatic carbocycles. The van der Waals surface area contributed by atoms with Gasteiger partial charge in [-0.2, -0.15) is 0 Å². The van der Waals surface area contributed by atoms with E-state index in [0.717, 1.165) is 54.6 Å². The second kappa shape index (κ2) is 7.95. The average Bonchev–Trinajstić information content (AvgIpc) is 3.14. The molecule has 10 heteroatoms. The molecule has 4 heterocycles. The number of rotatable bonds is 3. The van der Waals surface area contributed by atoms with Gasteiger partial charge in [-0.15, -0.1) is 10.2 Å². The summed E-state index contributed by atoms with van der Waals surface area (Å²) in [5.41, 5.74) is 1.43. The Hall–Kier alpha value is -2.65. The fraction of sp³-hybridized carbons (Fsp3) is 0.500. The van der Waals surface area contributed by atoms with Crippen LogP contribution >= 0.6 is 11.6 Å². The van der Waals surface area contributed by atoms with Crippen LogP contribution in [0.25, 0.3) is 5.69 Å². The fourth-order valence-corrected chi connectivity index (χ4v) is 5.97. The van der Waals surface area contributed by atoms with Crippen LogP contribution in [0.5, 0.6) is 0 Å². The predicted octanol–water partition coefficient (Wildman–Crippen LogP) is 4.60. The van der Waals surface area contributed by atoms with E-state index in [9.17, 15) is 8.78 Å². The molecule has 2 aromatic heterocycles. The van der Waals surface area contributed by atoms with Crippen LogP contribution in [-0.2, 0) is 13.1 Å². The highest BCUT2D eigenvalue weighted by Crippen LogP contribution is 2.50. The molecule has 3 aliphatic rings. The van der Waals surface area contributed by atoms with Crippen LogP contribution in [0.3, 0.4) is 0 Å². The lowest BCUT2D eigenvalue weighted by molar-refractivity contribution is -0.173. The summed E-state index contributed by atoms with van der Waals surface area (Å²) in [6.07, 6.45) is 6.75. The topological polar surface area (TPSA) is 63.0 Å². The van der Waals surface area contributed by atoms with Crippen molar-refractivity contribution in [1.82, 2.24) is 29.6 Å². The number of alkyl halides is 2. The quantitative estimate of drug-likeness (QED) is 0.540. The van der Waals surface area contributed by atoms with Crippen LogP contribution in [0.2, 0.25) is 5.02 Å². The molecule has 0 bridgehead atoms. The van der Waals surface area contributed by atoms with E-state index in [1.807, 2.05) is 25.1 Å². The average molecular weight is 486 g/mol. The molecule has 1 aromatic carbocycles. The van der Waals surface area contributed by atoms with Crippen molar-refractivity contribution in [2.75, 3.05) is 18.0 Å². The van der Waals surface area contributed by atoms with Gasteiger partial charge in [-0.1, -0.05) is 11.6 Å². The number of aromatic nitrogens is 5. The molecular formula is C24H26ClF2N7. The monoisotopic (exact) mass is 485 g/mol. The SMILES string of the molecule is CC1(N2Cc3cc(Cl)ccc3-n3c(nnc3C3CCN(c4cnccn4)CC3)C2)CC(F)(F)C1. The van der Waals surface area contributed by atoms with Crippen molar-refractivity contribution in [3.8, 4) is 5.69 Å². The first-order chi connectivity index (χ1) is 16.3. The van der Waals surface area contributed by atoms with Crippen molar-refractivity contribution in [3.05, 3.63) is 59.0 Å². The van der Waals surface area contributed by atoms with Gasteiger partial charge in [-0.05, 0) is 43.5 Å². The molecule has 6 rings (SSSR count). The zero-order valence-corrected chi connectivity index (χ0v) is 19.7. The van der Waals surface area contributed by atoms with Crippen molar-refractivity contribution >= 4 is 17.4 Å². The van der Waals surface area contributed by atoms with Crippen LogP contribution in [0, 0.1) is 0 Å². The van der Waals surface area contributed by atoms with Crippen molar-refractivity contribution in [3.63, 3.8) is 0 Å². The third kappa shape index (κ3) is 3.75. The van der Waals surface area contributed by atoms with Crippen LogP contribution in [0.15, 0.2) is 36.8 Å². The van der Waals surface area contributed by atoms with Gasteiger partial charge in [0.1, 0.15) is 11.6 Å². The van der Waals surface area contributed by atoms with Gasteiger partial charge in [0, 0.05) is 61.3 Å². The molecule has 178 valence electrons. The Morgan fingerprint density at radius 2 is 1.85 bits per heavy atom. The summed E-state index contributed by atoms with van der Waals surface area (Å²) in [5, 5.41) is 9.83. The predicted molar refractivity (Wildman–Crippen MR) is 124 cm³/mol. The van der Waals surface area contributed by atoms with Crippen molar-refractivity contribution in [2.45, 2.75) is 63.1 Å². The molecule has 0 N–H and O–H groups in total. The largest absolute Gasteiger partial charge is 0.355 e. The van der Waals surface area contributed by atoms with E-state index in [4.69, 9.17) is 11.6 Å². The maximum Gasteiger partial charge on any atom is 0.251 e. The Balaban J connectivity index is 1.32. The van der Waals surface area contributed by atoms with Crippen LogP contribution in [-0.4, -0.2) is 54.2 Å². The molecule has 1 saturated carbocycles. The second-order valence-corrected chi connectivity index (χ2v) is 10.4. The van der Waals surface area contributed by atoms with Crippen LogP contribution in [0.4, 0.5) is 14.6 Å². The summed E-state index contributed by atoms with van der Waals surface area (Å²) < 4.78 is 29.9. The fourth-order valence-electron chi connectivity index (χ4n) is 5.78. The maximum atomic E-state index is 13.9. The van der Waals surface area contributed by atoms with Crippen LogP contribution in [0.1, 0.15) is 55.7 Å². The Kier molecular flexibility index (Phi) is 5.11. The molecular weight excluding hydrogens is 460 g/mol. The Bertz CT molecular complexity index is 1200. The molecule has 1 saturated heterocycles. The van der Waals surface area contributed by atoms with Crippen molar-refractivity contribution in [1.29, 1.82) is 0 Å². The van der Waals surface area contributed by atoms with E-state index in [-0.39, 0.29) is 18.8 Å². The van der Waals surface area contributed by atoms with Crippen molar-refractivity contribution in [2.24, 2.45) is 0 Å². The van der Waals surface area contributed by atoms with Gasteiger partial charge in [-0.25, -0.2) is 13.8 Å². The van der Waals surface area contributed by atoms with Crippen molar-refractivity contribution < 1.29 is 8.78 Å². The molecule has 0 radical (unpaired) electrons. The number of hydrogen-bond donors (Lipinski definition) is 0. The first kappa shape index (κ1) is 21.9. The second-order valence-electron chi connectivity index (χ2n) is 9.97. The maximum absolute atomic E-state index is 13.9.